The van der Waals surface area contributed by atoms with Crippen molar-refractivity contribution in [1.29, 1.82) is 0 Å². The number of carbonyl (C=O) groups excluding carboxylic acids is 1. The predicted molar refractivity (Wildman–Crippen MR) is 88.5 cm³/mol. The molecule has 1 fully saturated rings. The van der Waals surface area contributed by atoms with Crippen molar-refractivity contribution < 1.29 is 9.53 Å². The van der Waals surface area contributed by atoms with E-state index >= 15 is 0 Å². The highest BCUT2D eigenvalue weighted by molar-refractivity contribution is 5.90. The zero-order valence-electron chi connectivity index (χ0n) is 13.4. The number of carbonyl (C=O) groups is 1. The first-order valence-corrected chi connectivity index (χ1v) is 8.15. The van der Waals surface area contributed by atoms with Gasteiger partial charge in [-0.3, -0.25) is 4.90 Å². The molecule has 0 atom stereocenters. The minimum atomic E-state index is -0.262. The molecule has 0 N–H and O–H groups in total. The number of fused-ring (bicyclic) bond motifs is 2. The minimum absolute atomic E-state index is 0.262. The Bertz CT molecular complexity index is 970. The quantitative estimate of drug-likeness (QED) is 0.690. The fraction of sp³-hybridized carbons (Fsp3) is 0.312. The fourth-order valence-corrected chi connectivity index (χ4v) is 3.46. The molecular formula is C16H15N7O2. The van der Waals surface area contributed by atoms with Gasteiger partial charge in [-0.1, -0.05) is 12.1 Å². The lowest BCUT2D eigenvalue weighted by molar-refractivity contribution is 0.181. The maximum absolute atomic E-state index is 11.9. The van der Waals surface area contributed by atoms with Gasteiger partial charge < -0.3 is 9.64 Å². The van der Waals surface area contributed by atoms with Crippen LogP contribution in [-0.4, -0.2) is 51.0 Å². The molecule has 0 bridgehead atoms. The molecule has 5 rings (SSSR count). The van der Waals surface area contributed by atoms with E-state index in [1.54, 1.807) is 4.90 Å². The molecule has 1 amide bonds. The van der Waals surface area contributed by atoms with E-state index in [2.05, 4.69) is 31.6 Å². The van der Waals surface area contributed by atoms with E-state index in [-0.39, 0.29) is 6.09 Å². The number of anilines is 2. The average molecular weight is 337 g/mol. The number of benzene rings is 1. The van der Waals surface area contributed by atoms with E-state index in [0.29, 0.717) is 18.8 Å². The molecule has 0 radical (unpaired) electrons. The summed E-state index contributed by atoms with van der Waals surface area (Å²) < 4.78 is 6.51. The van der Waals surface area contributed by atoms with Crippen LogP contribution >= 0.6 is 0 Å². The molecule has 1 saturated heterocycles. The maximum atomic E-state index is 11.9. The van der Waals surface area contributed by atoms with Crippen LogP contribution in [0.1, 0.15) is 11.1 Å². The molecule has 2 aromatic heterocycles. The molecule has 0 aliphatic carbocycles. The van der Waals surface area contributed by atoms with Gasteiger partial charge in [0.1, 0.15) is 6.61 Å². The molecule has 0 saturated carbocycles. The van der Waals surface area contributed by atoms with E-state index in [1.807, 2.05) is 24.3 Å². The molecule has 0 spiro atoms. The zero-order valence-corrected chi connectivity index (χ0v) is 13.4. The number of tetrazole rings is 1. The van der Waals surface area contributed by atoms with Crippen LogP contribution in [0.15, 0.2) is 30.3 Å². The predicted octanol–water partition coefficient (Wildman–Crippen LogP) is 1.04. The van der Waals surface area contributed by atoms with Crippen molar-refractivity contribution in [2.75, 3.05) is 29.5 Å². The monoisotopic (exact) mass is 337 g/mol. The van der Waals surface area contributed by atoms with Crippen molar-refractivity contribution in [1.82, 2.24) is 25.3 Å². The summed E-state index contributed by atoms with van der Waals surface area (Å²) in [5.74, 6) is 0.830. The van der Waals surface area contributed by atoms with Gasteiger partial charge in [-0.05, 0) is 46.2 Å². The second-order valence-corrected chi connectivity index (χ2v) is 6.07. The van der Waals surface area contributed by atoms with Crippen molar-refractivity contribution in [2.24, 2.45) is 0 Å². The van der Waals surface area contributed by atoms with Gasteiger partial charge in [0.2, 0.25) is 0 Å². The Morgan fingerprint density at radius 1 is 1.12 bits per heavy atom. The van der Waals surface area contributed by atoms with Gasteiger partial charge in [-0.2, -0.15) is 0 Å². The van der Waals surface area contributed by atoms with Crippen molar-refractivity contribution in [3.05, 3.63) is 41.5 Å². The van der Waals surface area contributed by atoms with E-state index in [9.17, 15) is 4.79 Å². The Labute approximate surface area is 142 Å². The second-order valence-electron chi connectivity index (χ2n) is 6.07. The first kappa shape index (κ1) is 14.1. The summed E-state index contributed by atoms with van der Waals surface area (Å²) in [7, 11) is 0. The van der Waals surface area contributed by atoms with Gasteiger partial charge in [0.15, 0.2) is 11.5 Å². The molecule has 9 nitrogen and oxygen atoms in total. The third kappa shape index (κ3) is 2.27. The van der Waals surface area contributed by atoms with Crippen molar-refractivity contribution in [3.8, 4) is 0 Å². The third-order valence-corrected chi connectivity index (χ3v) is 4.67. The Morgan fingerprint density at radius 3 is 2.96 bits per heavy atom. The lowest BCUT2D eigenvalue weighted by Gasteiger charge is -2.31. The third-order valence-electron chi connectivity index (χ3n) is 4.67. The highest BCUT2D eigenvalue weighted by Crippen LogP contribution is 2.31. The number of nitrogens with zero attached hydrogens (tertiary/aromatic N) is 7. The van der Waals surface area contributed by atoms with Gasteiger partial charge in [0.05, 0.1) is 12.2 Å². The van der Waals surface area contributed by atoms with Crippen LogP contribution in [0.25, 0.3) is 5.65 Å². The van der Waals surface area contributed by atoms with E-state index < -0.39 is 0 Å². The van der Waals surface area contributed by atoms with Crippen LogP contribution in [-0.2, 0) is 17.7 Å². The standard InChI is InChI=1S/C16H15N7O2/c24-16-22(8-9-25-16)13-3-1-2-11-10-21(7-6-12(11)13)15-5-4-14-17-19-20-23(14)18-15/h1-5H,6-10H2. The summed E-state index contributed by atoms with van der Waals surface area (Å²) in [5.41, 5.74) is 3.99. The SMILES string of the molecule is O=C1OCCN1c1cccc2c1CCN(c1ccc3nnnn3n1)C2. The second kappa shape index (κ2) is 5.40. The van der Waals surface area contributed by atoms with Gasteiger partial charge in [0.25, 0.3) is 0 Å². The first-order chi connectivity index (χ1) is 12.3. The molecule has 2 aliphatic rings. The number of hydrogen-bond acceptors (Lipinski definition) is 7. The smallest absolute Gasteiger partial charge is 0.414 e. The summed E-state index contributed by atoms with van der Waals surface area (Å²) in [5, 5.41) is 15.8. The van der Waals surface area contributed by atoms with Crippen molar-refractivity contribution in [2.45, 2.75) is 13.0 Å². The van der Waals surface area contributed by atoms with Crippen LogP contribution in [0.2, 0.25) is 0 Å². The number of cyclic esters (lactones) is 1. The molecule has 2 aliphatic heterocycles. The Kier molecular flexibility index (Phi) is 3.06. The molecule has 9 heteroatoms. The Hall–Kier alpha value is -3.23. The first-order valence-electron chi connectivity index (χ1n) is 8.15. The Balaban J connectivity index is 1.47. The molecule has 4 heterocycles. The highest BCUT2D eigenvalue weighted by atomic mass is 16.6. The summed E-state index contributed by atoms with van der Waals surface area (Å²) in [6.45, 7) is 2.60. The number of amides is 1. The lowest BCUT2D eigenvalue weighted by atomic mass is 9.97. The molecule has 1 aromatic carbocycles. The molecule has 0 unspecified atom stereocenters. The van der Waals surface area contributed by atoms with Gasteiger partial charge in [0, 0.05) is 13.1 Å². The van der Waals surface area contributed by atoms with Crippen molar-refractivity contribution in [3.63, 3.8) is 0 Å². The molecule has 3 aromatic rings. The largest absolute Gasteiger partial charge is 0.447 e. The fourth-order valence-electron chi connectivity index (χ4n) is 3.46. The van der Waals surface area contributed by atoms with Crippen molar-refractivity contribution >= 4 is 23.2 Å². The number of ether oxygens (including phenoxy) is 1. The Morgan fingerprint density at radius 2 is 2.08 bits per heavy atom. The van der Waals surface area contributed by atoms with Crippen LogP contribution in [0.4, 0.5) is 16.3 Å². The number of rotatable bonds is 2. The average Bonchev–Trinajstić information content (AvgIpc) is 3.28. The van der Waals surface area contributed by atoms with Gasteiger partial charge in [-0.15, -0.1) is 14.8 Å². The maximum Gasteiger partial charge on any atom is 0.414 e. The topological polar surface area (TPSA) is 88.8 Å². The van der Waals surface area contributed by atoms with Crippen LogP contribution in [0.3, 0.4) is 0 Å². The summed E-state index contributed by atoms with van der Waals surface area (Å²) >= 11 is 0. The van der Waals surface area contributed by atoms with E-state index in [1.165, 1.54) is 15.8 Å². The number of hydrogen-bond donors (Lipinski definition) is 0. The molecule has 126 valence electrons. The molecular weight excluding hydrogens is 322 g/mol. The summed E-state index contributed by atoms with van der Waals surface area (Å²) in [6.07, 6.45) is 0.576. The summed E-state index contributed by atoms with van der Waals surface area (Å²) in [4.78, 5) is 15.8. The van der Waals surface area contributed by atoms with E-state index in [0.717, 1.165) is 31.0 Å². The zero-order chi connectivity index (χ0) is 16.8. The van der Waals surface area contributed by atoms with Crippen LogP contribution in [0, 0.1) is 0 Å². The van der Waals surface area contributed by atoms with Gasteiger partial charge >= 0.3 is 6.09 Å². The minimum Gasteiger partial charge on any atom is -0.447 e. The highest BCUT2D eigenvalue weighted by Gasteiger charge is 2.28. The van der Waals surface area contributed by atoms with Gasteiger partial charge in [-0.25, -0.2) is 4.79 Å². The number of aromatic nitrogens is 5. The summed E-state index contributed by atoms with van der Waals surface area (Å²) in [6, 6.07) is 9.86. The van der Waals surface area contributed by atoms with Crippen LogP contribution < -0.4 is 9.80 Å². The normalized spacial score (nSPS) is 17.0. The molecule has 25 heavy (non-hydrogen) atoms. The van der Waals surface area contributed by atoms with E-state index in [4.69, 9.17) is 4.74 Å². The van der Waals surface area contributed by atoms with Crippen LogP contribution in [0.5, 0.6) is 0 Å². The lowest BCUT2D eigenvalue weighted by Crippen LogP contribution is -2.33.